The zero-order valence-corrected chi connectivity index (χ0v) is 12.1. The van der Waals surface area contributed by atoms with Crippen LogP contribution in [-0.4, -0.2) is 28.4 Å². The number of anilines is 1. The number of rotatable bonds is 4. The molecular formula is C12H18BrN3O2. The van der Waals surface area contributed by atoms with E-state index in [1.807, 2.05) is 0 Å². The first-order valence-electron chi connectivity index (χ1n) is 6.26. The third kappa shape index (κ3) is 3.81. The SMILES string of the molecule is Cn1nc(NC(=O)COC2CCCCC2)cc1Br. The molecule has 100 valence electrons. The average Bonchev–Trinajstić information content (AvgIpc) is 2.67. The summed E-state index contributed by atoms with van der Waals surface area (Å²) in [6.07, 6.45) is 6.10. The quantitative estimate of drug-likeness (QED) is 0.928. The first kappa shape index (κ1) is 13.5. The monoisotopic (exact) mass is 315 g/mol. The Morgan fingerprint density at radius 1 is 1.56 bits per heavy atom. The van der Waals surface area contributed by atoms with Gasteiger partial charge in [-0.3, -0.25) is 9.48 Å². The summed E-state index contributed by atoms with van der Waals surface area (Å²) >= 11 is 3.33. The van der Waals surface area contributed by atoms with E-state index in [4.69, 9.17) is 4.74 Å². The van der Waals surface area contributed by atoms with Gasteiger partial charge in [0.2, 0.25) is 0 Å². The van der Waals surface area contributed by atoms with Crippen molar-refractivity contribution >= 4 is 27.7 Å². The highest BCUT2D eigenvalue weighted by molar-refractivity contribution is 9.10. The van der Waals surface area contributed by atoms with Crippen molar-refractivity contribution in [2.75, 3.05) is 11.9 Å². The van der Waals surface area contributed by atoms with Crippen molar-refractivity contribution in [1.29, 1.82) is 0 Å². The fourth-order valence-corrected chi connectivity index (χ4v) is 2.41. The second-order valence-corrected chi connectivity index (χ2v) is 5.41. The summed E-state index contributed by atoms with van der Waals surface area (Å²) in [5, 5.41) is 6.84. The zero-order chi connectivity index (χ0) is 13.0. The van der Waals surface area contributed by atoms with Crippen LogP contribution in [0.5, 0.6) is 0 Å². The van der Waals surface area contributed by atoms with Gasteiger partial charge in [-0.15, -0.1) is 0 Å². The number of nitrogens with one attached hydrogen (secondary N) is 1. The van der Waals surface area contributed by atoms with E-state index in [1.54, 1.807) is 17.8 Å². The second kappa shape index (κ2) is 6.33. The van der Waals surface area contributed by atoms with E-state index in [0.29, 0.717) is 5.82 Å². The molecule has 5 nitrogen and oxygen atoms in total. The predicted molar refractivity (Wildman–Crippen MR) is 72.4 cm³/mol. The Labute approximate surface area is 115 Å². The number of amides is 1. The van der Waals surface area contributed by atoms with Crippen molar-refractivity contribution in [3.8, 4) is 0 Å². The van der Waals surface area contributed by atoms with E-state index in [0.717, 1.165) is 17.4 Å². The smallest absolute Gasteiger partial charge is 0.251 e. The lowest BCUT2D eigenvalue weighted by Crippen LogP contribution is -2.24. The van der Waals surface area contributed by atoms with E-state index < -0.39 is 0 Å². The molecule has 1 aliphatic carbocycles. The highest BCUT2D eigenvalue weighted by atomic mass is 79.9. The third-order valence-electron chi connectivity index (χ3n) is 3.09. The van der Waals surface area contributed by atoms with E-state index in [2.05, 4.69) is 26.3 Å². The van der Waals surface area contributed by atoms with Crippen LogP contribution in [0, 0.1) is 0 Å². The topological polar surface area (TPSA) is 56.2 Å². The molecule has 1 amide bonds. The summed E-state index contributed by atoms with van der Waals surface area (Å²) in [4.78, 5) is 11.7. The van der Waals surface area contributed by atoms with Crippen molar-refractivity contribution in [3.63, 3.8) is 0 Å². The molecule has 1 saturated carbocycles. The molecule has 1 aromatic heterocycles. The molecule has 1 aromatic rings. The van der Waals surface area contributed by atoms with Gasteiger partial charge < -0.3 is 10.1 Å². The number of aromatic nitrogens is 2. The largest absolute Gasteiger partial charge is 0.368 e. The first-order valence-corrected chi connectivity index (χ1v) is 7.05. The Kier molecular flexibility index (Phi) is 4.77. The number of halogens is 1. The lowest BCUT2D eigenvalue weighted by atomic mass is 9.98. The molecule has 18 heavy (non-hydrogen) atoms. The second-order valence-electron chi connectivity index (χ2n) is 4.60. The fourth-order valence-electron chi connectivity index (χ4n) is 2.11. The van der Waals surface area contributed by atoms with Crippen molar-refractivity contribution in [1.82, 2.24) is 9.78 Å². The summed E-state index contributed by atoms with van der Waals surface area (Å²) in [5.41, 5.74) is 0. The predicted octanol–water partition coefficient (Wildman–Crippen LogP) is 2.47. The van der Waals surface area contributed by atoms with Gasteiger partial charge in [0.1, 0.15) is 11.2 Å². The highest BCUT2D eigenvalue weighted by Crippen LogP contribution is 2.20. The Hall–Kier alpha value is -0.880. The fraction of sp³-hybridized carbons (Fsp3) is 0.667. The molecule has 2 rings (SSSR count). The number of hydrogen-bond donors (Lipinski definition) is 1. The minimum Gasteiger partial charge on any atom is -0.368 e. The van der Waals surface area contributed by atoms with Gasteiger partial charge >= 0.3 is 0 Å². The third-order valence-corrected chi connectivity index (χ3v) is 3.83. The van der Waals surface area contributed by atoms with Gasteiger partial charge in [0, 0.05) is 13.1 Å². The molecule has 0 bridgehead atoms. The summed E-state index contributed by atoms with van der Waals surface area (Å²) in [6, 6.07) is 1.76. The molecule has 0 spiro atoms. The molecule has 0 saturated heterocycles. The van der Waals surface area contributed by atoms with E-state index >= 15 is 0 Å². The van der Waals surface area contributed by atoms with E-state index in [-0.39, 0.29) is 18.6 Å². The van der Waals surface area contributed by atoms with Crippen LogP contribution < -0.4 is 5.32 Å². The van der Waals surface area contributed by atoms with Gasteiger partial charge in [0.05, 0.1) is 6.10 Å². The van der Waals surface area contributed by atoms with Gasteiger partial charge in [-0.25, -0.2) is 0 Å². The summed E-state index contributed by atoms with van der Waals surface area (Å²) < 4.78 is 8.07. The van der Waals surface area contributed by atoms with Crippen molar-refractivity contribution in [3.05, 3.63) is 10.7 Å². The first-order chi connectivity index (χ1) is 8.65. The van der Waals surface area contributed by atoms with Crippen LogP contribution in [0.25, 0.3) is 0 Å². The van der Waals surface area contributed by atoms with E-state index in [1.165, 1.54) is 19.3 Å². The van der Waals surface area contributed by atoms with Crippen molar-refractivity contribution < 1.29 is 9.53 Å². The van der Waals surface area contributed by atoms with Gasteiger partial charge in [-0.2, -0.15) is 5.10 Å². The molecule has 1 aliphatic rings. The highest BCUT2D eigenvalue weighted by Gasteiger charge is 2.15. The molecule has 0 radical (unpaired) electrons. The minimum absolute atomic E-state index is 0.110. The lowest BCUT2D eigenvalue weighted by molar-refractivity contribution is -0.123. The maximum absolute atomic E-state index is 11.7. The number of ether oxygens (including phenoxy) is 1. The van der Waals surface area contributed by atoms with Crippen LogP contribution >= 0.6 is 15.9 Å². The van der Waals surface area contributed by atoms with Crippen molar-refractivity contribution in [2.45, 2.75) is 38.2 Å². The number of nitrogens with zero attached hydrogens (tertiary/aromatic N) is 2. The van der Waals surface area contributed by atoms with Crippen LogP contribution in [0.4, 0.5) is 5.82 Å². The normalized spacial score (nSPS) is 16.8. The molecule has 1 N–H and O–H groups in total. The van der Waals surface area contributed by atoms with E-state index in [9.17, 15) is 4.79 Å². The number of carbonyl (C=O) groups excluding carboxylic acids is 1. The molecule has 6 heteroatoms. The number of aryl methyl sites for hydroxylation is 1. The molecular weight excluding hydrogens is 298 g/mol. The summed E-state index contributed by atoms with van der Waals surface area (Å²) in [7, 11) is 1.80. The van der Waals surface area contributed by atoms with Gasteiger partial charge in [-0.1, -0.05) is 19.3 Å². The van der Waals surface area contributed by atoms with Crippen LogP contribution in [0.15, 0.2) is 10.7 Å². The Bertz CT molecular complexity index is 394. The van der Waals surface area contributed by atoms with Crippen LogP contribution in [0.2, 0.25) is 0 Å². The lowest BCUT2D eigenvalue weighted by Gasteiger charge is -2.21. The van der Waals surface area contributed by atoms with Crippen molar-refractivity contribution in [2.24, 2.45) is 7.05 Å². The zero-order valence-electron chi connectivity index (χ0n) is 10.5. The number of carbonyl (C=O) groups is 1. The summed E-state index contributed by atoms with van der Waals surface area (Å²) in [6.45, 7) is 0.110. The van der Waals surface area contributed by atoms with Crippen LogP contribution in [0.3, 0.4) is 0 Å². The molecule has 0 atom stereocenters. The maximum atomic E-state index is 11.7. The Morgan fingerprint density at radius 3 is 2.89 bits per heavy atom. The maximum Gasteiger partial charge on any atom is 0.251 e. The van der Waals surface area contributed by atoms with Crippen LogP contribution in [0.1, 0.15) is 32.1 Å². The van der Waals surface area contributed by atoms with Gasteiger partial charge in [0.15, 0.2) is 5.82 Å². The van der Waals surface area contributed by atoms with Gasteiger partial charge in [-0.05, 0) is 28.8 Å². The molecule has 1 heterocycles. The number of hydrogen-bond acceptors (Lipinski definition) is 3. The Balaban J connectivity index is 1.74. The standard InChI is InChI=1S/C12H18BrN3O2/c1-16-10(13)7-11(15-16)14-12(17)8-18-9-5-3-2-4-6-9/h7,9H,2-6,8H2,1H3,(H,14,15,17). The molecule has 0 aromatic carbocycles. The van der Waals surface area contributed by atoms with Crippen LogP contribution in [-0.2, 0) is 16.6 Å². The van der Waals surface area contributed by atoms with Gasteiger partial charge in [0.25, 0.3) is 5.91 Å². The molecule has 0 unspecified atom stereocenters. The minimum atomic E-state index is -0.147. The summed E-state index contributed by atoms with van der Waals surface area (Å²) in [5.74, 6) is 0.396. The Morgan fingerprint density at radius 2 is 2.28 bits per heavy atom. The molecule has 1 fully saturated rings. The average molecular weight is 316 g/mol. The molecule has 0 aliphatic heterocycles.